The van der Waals surface area contributed by atoms with E-state index in [-0.39, 0.29) is 11.7 Å². The highest BCUT2D eigenvalue weighted by Gasteiger charge is 2.24. The predicted molar refractivity (Wildman–Crippen MR) is 95.4 cm³/mol. The van der Waals surface area contributed by atoms with Gasteiger partial charge in [-0.15, -0.1) is 11.3 Å². The molecule has 0 amide bonds. The molecule has 0 saturated heterocycles. The third kappa shape index (κ3) is 2.69. The van der Waals surface area contributed by atoms with Crippen LogP contribution < -0.4 is 0 Å². The maximum Gasteiger partial charge on any atom is 0.180 e. The zero-order valence-corrected chi connectivity index (χ0v) is 14.2. The van der Waals surface area contributed by atoms with Crippen LogP contribution in [0.2, 0.25) is 5.02 Å². The number of ketones is 1. The number of hydrogen-bond acceptors (Lipinski definition) is 2. The number of hydrogen-bond donors (Lipinski definition) is 0. The average molecular weight is 329 g/mol. The van der Waals surface area contributed by atoms with Gasteiger partial charge < -0.3 is 0 Å². The van der Waals surface area contributed by atoms with E-state index < -0.39 is 0 Å². The number of halogens is 1. The monoisotopic (exact) mass is 328 g/mol. The summed E-state index contributed by atoms with van der Waals surface area (Å²) >= 11 is 7.66. The largest absolute Gasteiger partial charge is 0.293 e. The number of rotatable bonds is 4. The molecule has 1 nitrogen and oxygen atoms in total. The van der Waals surface area contributed by atoms with Gasteiger partial charge in [-0.1, -0.05) is 48.9 Å². The van der Waals surface area contributed by atoms with Crippen molar-refractivity contribution in [2.75, 3.05) is 0 Å². The fraction of sp³-hybridized carbons (Fsp3) is 0.211. The second-order valence-corrected chi connectivity index (χ2v) is 6.92. The quantitative estimate of drug-likeness (QED) is 0.518. The van der Waals surface area contributed by atoms with E-state index in [0.717, 1.165) is 32.5 Å². The number of aryl methyl sites for hydroxylation is 1. The van der Waals surface area contributed by atoms with E-state index in [1.54, 1.807) is 11.3 Å². The summed E-state index contributed by atoms with van der Waals surface area (Å²) in [5, 5.41) is 1.80. The summed E-state index contributed by atoms with van der Waals surface area (Å²) in [4.78, 5) is 13.9. The van der Waals surface area contributed by atoms with Gasteiger partial charge in [-0.25, -0.2) is 0 Å². The van der Waals surface area contributed by atoms with E-state index in [2.05, 4.69) is 6.92 Å². The smallest absolute Gasteiger partial charge is 0.180 e. The third-order valence-electron chi connectivity index (χ3n) is 4.05. The predicted octanol–water partition coefficient (Wildman–Crippen LogP) is 6.24. The Kier molecular flexibility index (Phi) is 4.32. The van der Waals surface area contributed by atoms with Crippen molar-refractivity contribution in [2.45, 2.75) is 26.2 Å². The highest BCUT2D eigenvalue weighted by molar-refractivity contribution is 7.21. The number of fused-ring (bicyclic) bond motifs is 1. The Morgan fingerprint density at radius 1 is 1.18 bits per heavy atom. The summed E-state index contributed by atoms with van der Waals surface area (Å²) in [6.45, 7) is 4.08. The molecule has 0 fully saturated rings. The zero-order chi connectivity index (χ0) is 15.7. The molecule has 112 valence electrons. The van der Waals surface area contributed by atoms with Gasteiger partial charge in [0, 0.05) is 15.6 Å². The van der Waals surface area contributed by atoms with E-state index >= 15 is 0 Å². The average Bonchev–Trinajstić information content (AvgIpc) is 2.86. The van der Waals surface area contributed by atoms with Crippen LogP contribution in [0, 0.1) is 6.92 Å². The zero-order valence-electron chi connectivity index (χ0n) is 12.6. The van der Waals surface area contributed by atoms with Crippen molar-refractivity contribution in [3.63, 3.8) is 0 Å². The van der Waals surface area contributed by atoms with Crippen molar-refractivity contribution in [2.24, 2.45) is 0 Å². The Morgan fingerprint density at radius 3 is 2.59 bits per heavy atom. The lowest BCUT2D eigenvalue weighted by Gasteiger charge is -2.13. The molecule has 1 unspecified atom stereocenters. The summed E-state index contributed by atoms with van der Waals surface area (Å²) in [6.07, 6.45) is 0.803. The molecule has 0 aliphatic carbocycles. The Morgan fingerprint density at radius 2 is 1.91 bits per heavy atom. The maximum atomic E-state index is 13.0. The molecule has 3 heteroatoms. The molecule has 1 aromatic heterocycles. The minimum absolute atomic E-state index is 0.0802. The second kappa shape index (κ2) is 6.23. The maximum absolute atomic E-state index is 13.0. The van der Waals surface area contributed by atoms with Gasteiger partial charge in [-0.3, -0.25) is 4.79 Å². The van der Waals surface area contributed by atoms with Gasteiger partial charge in [0.25, 0.3) is 0 Å². The van der Waals surface area contributed by atoms with Crippen LogP contribution in [-0.2, 0) is 0 Å². The molecule has 22 heavy (non-hydrogen) atoms. The van der Waals surface area contributed by atoms with Crippen LogP contribution in [0.25, 0.3) is 10.1 Å². The molecule has 1 atom stereocenters. The first-order valence-corrected chi connectivity index (χ1v) is 8.59. The Hall–Kier alpha value is -1.64. The highest BCUT2D eigenvalue weighted by Crippen LogP contribution is 2.36. The van der Waals surface area contributed by atoms with Crippen molar-refractivity contribution in [1.29, 1.82) is 0 Å². The first-order chi connectivity index (χ1) is 10.6. The molecular formula is C19H17ClOS. The molecule has 0 saturated carbocycles. The molecule has 0 aliphatic rings. The lowest BCUT2D eigenvalue weighted by atomic mass is 9.90. The Balaban J connectivity index is 2.06. The van der Waals surface area contributed by atoms with E-state index in [1.165, 1.54) is 0 Å². The van der Waals surface area contributed by atoms with E-state index in [0.29, 0.717) is 5.02 Å². The Labute approximate surface area is 139 Å². The van der Waals surface area contributed by atoms with Crippen molar-refractivity contribution in [3.05, 3.63) is 69.6 Å². The molecule has 0 aliphatic heterocycles. The minimum atomic E-state index is -0.0802. The summed E-state index contributed by atoms with van der Waals surface area (Å²) in [5.41, 5.74) is 2.13. The molecular weight excluding hydrogens is 312 g/mol. The van der Waals surface area contributed by atoms with Crippen molar-refractivity contribution < 1.29 is 4.79 Å². The van der Waals surface area contributed by atoms with Gasteiger partial charge in [-0.2, -0.15) is 0 Å². The van der Waals surface area contributed by atoms with Gasteiger partial charge >= 0.3 is 0 Å². The summed E-state index contributed by atoms with van der Waals surface area (Å²) in [6, 6.07) is 15.8. The summed E-state index contributed by atoms with van der Waals surface area (Å²) in [7, 11) is 0. The fourth-order valence-electron chi connectivity index (χ4n) is 2.84. The van der Waals surface area contributed by atoms with Gasteiger partial charge in [0.15, 0.2) is 5.78 Å². The molecule has 1 heterocycles. The topological polar surface area (TPSA) is 17.1 Å². The normalized spacial score (nSPS) is 12.5. The van der Waals surface area contributed by atoms with E-state index in [9.17, 15) is 4.79 Å². The molecule has 2 aromatic carbocycles. The molecule has 3 aromatic rings. The molecule has 0 bridgehead atoms. The number of benzene rings is 2. The van der Waals surface area contributed by atoms with Gasteiger partial charge in [0.1, 0.15) is 0 Å². The standard InChI is InChI=1S/C19H17ClOS/c1-3-15(13-7-5-4-6-8-13)18(21)19-12(2)16-11-14(20)9-10-17(16)22-19/h4-11,15H,3H2,1-2H3. The number of Topliss-reactive ketones (excluding diaryl/α,β-unsaturated/α-hetero) is 1. The van der Waals surface area contributed by atoms with Crippen LogP contribution in [-0.4, -0.2) is 5.78 Å². The SMILES string of the molecule is CCC(C(=O)c1sc2ccc(Cl)cc2c1C)c1ccccc1. The minimum Gasteiger partial charge on any atom is -0.293 e. The third-order valence-corrected chi connectivity index (χ3v) is 5.57. The molecule has 0 radical (unpaired) electrons. The first kappa shape index (κ1) is 15.3. The van der Waals surface area contributed by atoms with Crippen molar-refractivity contribution >= 4 is 38.8 Å². The number of carbonyl (C=O) groups is 1. The first-order valence-electron chi connectivity index (χ1n) is 7.39. The van der Waals surface area contributed by atoms with Gasteiger partial charge in [-0.05, 0) is 48.1 Å². The Bertz CT molecular complexity index is 820. The molecule has 0 N–H and O–H groups in total. The molecule has 0 spiro atoms. The van der Waals surface area contributed by atoms with Gasteiger partial charge in [0.2, 0.25) is 0 Å². The fourth-order valence-corrected chi connectivity index (χ4v) is 4.20. The van der Waals surface area contributed by atoms with Crippen LogP contribution in [0.15, 0.2) is 48.5 Å². The van der Waals surface area contributed by atoms with Crippen molar-refractivity contribution in [1.82, 2.24) is 0 Å². The van der Waals surface area contributed by atoms with Crippen LogP contribution in [0.4, 0.5) is 0 Å². The number of thiophene rings is 1. The van der Waals surface area contributed by atoms with Gasteiger partial charge in [0.05, 0.1) is 4.88 Å². The van der Waals surface area contributed by atoms with Crippen LogP contribution in [0.3, 0.4) is 0 Å². The summed E-state index contributed by atoms with van der Waals surface area (Å²) in [5.74, 6) is 0.131. The van der Waals surface area contributed by atoms with E-state index in [1.807, 2.05) is 55.5 Å². The summed E-state index contributed by atoms with van der Waals surface area (Å²) < 4.78 is 1.12. The van der Waals surface area contributed by atoms with E-state index in [4.69, 9.17) is 11.6 Å². The van der Waals surface area contributed by atoms with Crippen LogP contribution in [0.1, 0.15) is 40.1 Å². The lowest BCUT2D eigenvalue weighted by molar-refractivity contribution is 0.0961. The lowest BCUT2D eigenvalue weighted by Crippen LogP contribution is -2.11. The van der Waals surface area contributed by atoms with Crippen LogP contribution in [0.5, 0.6) is 0 Å². The number of carbonyl (C=O) groups excluding carboxylic acids is 1. The highest BCUT2D eigenvalue weighted by atomic mass is 35.5. The molecule has 3 rings (SSSR count). The van der Waals surface area contributed by atoms with Crippen molar-refractivity contribution in [3.8, 4) is 0 Å². The van der Waals surface area contributed by atoms with Crippen LogP contribution >= 0.6 is 22.9 Å². The second-order valence-electron chi connectivity index (χ2n) is 5.43.